The van der Waals surface area contributed by atoms with Crippen LogP contribution in [0.1, 0.15) is 12.8 Å². The van der Waals surface area contributed by atoms with Crippen molar-refractivity contribution in [2.45, 2.75) is 25.0 Å². The number of thioether (sulfide) groups is 1. The number of nitrogens with zero attached hydrogens (tertiary/aromatic N) is 3. The van der Waals surface area contributed by atoms with Crippen molar-refractivity contribution in [2.24, 2.45) is 10.7 Å². The van der Waals surface area contributed by atoms with E-state index in [0.717, 1.165) is 50.3 Å². The Morgan fingerprint density at radius 1 is 1.25 bits per heavy atom. The zero-order chi connectivity index (χ0) is 13.1. The molecular formula is C13H25IN4OS. The van der Waals surface area contributed by atoms with Crippen molar-refractivity contribution in [3.8, 4) is 0 Å². The first kappa shape index (κ1) is 16.6. The molecule has 3 fully saturated rings. The van der Waals surface area contributed by atoms with Crippen LogP contribution in [0, 0.1) is 0 Å². The fourth-order valence-electron chi connectivity index (χ4n) is 2.71. The van der Waals surface area contributed by atoms with Crippen molar-refractivity contribution in [2.75, 3.05) is 50.8 Å². The molecule has 0 amide bonds. The number of rotatable bonds is 3. The Morgan fingerprint density at radius 3 is 2.70 bits per heavy atom. The van der Waals surface area contributed by atoms with Crippen LogP contribution in [0.3, 0.4) is 0 Å². The Balaban J connectivity index is 0.00000147. The second kappa shape index (κ2) is 8.05. The summed E-state index contributed by atoms with van der Waals surface area (Å²) in [5.74, 6) is 3.02. The summed E-state index contributed by atoms with van der Waals surface area (Å²) in [5, 5.41) is 0. The van der Waals surface area contributed by atoms with E-state index in [1.165, 1.54) is 12.8 Å². The van der Waals surface area contributed by atoms with Gasteiger partial charge in [-0.05, 0) is 12.8 Å². The van der Waals surface area contributed by atoms with Crippen molar-refractivity contribution >= 4 is 41.7 Å². The summed E-state index contributed by atoms with van der Waals surface area (Å²) < 4.78 is 5.80. The van der Waals surface area contributed by atoms with E-state index in [1.54, 1.807) is 0 Å². The standard InChI is InChI=1S/C13H24N4OS.HI/c14-13(16-4-7-19-8-5-16)15-9-12-10-17(3-6-18-12)11-1-2-11;/h11-12H,1-10H2,(H2,14,15);1H. The largest absolute Gasteiger partial charge is 0.374 e. The van der Waals surface area contributed by atoms with Gasteiger partial charge >= 0.3 is 0 Å². The van der Waals surface area contributed by atoms with Crippen LogP contribution >= 0.6 is 35.7 Å². The molecule has 0 radical (unpaired) electrons. The molecule has 3 aliphatic rings. The van der Waals surface area contributed by atoms with Crippen LogP contribution in [0.2, 0.25) is 0 Å². The number of aliphatic imine (C=N–C) groups is 1. The van der Waals surface area contributed by atoms with Gasteiger partial charge in [0.05, 0.1) is 19.3 Å². The average molecular weight is 412 g/mol. The molecule has 0 spiro atoms. The first-order chi connectivity index (χ1) is 9.33. The van der Waals surface area contributed by atoms with E-state index in [0.29, 0.717) is 12.5 Å². The van der Waals surface area contributed by atoms with Gasteiger partial charge in [0.2, 0.25) is 0 Å². The first-order valence-corrected chi connectivity index (χ1v) is 8.46. The summed E-state index contributed by atoms with van der Waals surface area (Å²) in [4.78, 5) is 9.29. The molecule has 0 aromatic carbocycles. The van der Waals surface area contributed by atoms with Crippen molar-refractivity contribution in [3.05, 3.63) is 0 Å². The SMILES string of the molecule is I.NC(=NCC1CN(C2CC2)CCO1)N1CCSCC1. The first-order valence-electron chi connectivity index (χ1n) is 7.31. The normalized spacial score (nSPS) is 29.1. The van der Waals surface area contributed by atoms with Gasteiger partial charge < -0.3 is 15.4 Å². The summed E-state index contributed by atoms with van der Waals surface area (Å²) in [5.41, 5.74) is 6.07. The fourth-order valence-corrected chi connectivity index (χ4v) is 3.61. The van der Waals surface area contributed by atoms with Gasteiger partial charge in [-0.1, -0.05) is 0 Å². The van der Waals surface area contributed by atoms with Crippen molar-refractivity contribution < 1.29 is 4.74 Å². The number of hydrogen-bond donors (Lipinski definition) is 1. The van der Waals surface area contributed by atoms with E-state index < -0.39 is 0 Å². The number of morpholine rings is 1. The quantitative estimate of drug-likeness (QED) is 0.423. The molecule has 2 N–H and O–H groups in total. The zero-order valence-electron chi connectivity index (χ0n) is 11.9. The van der Waals surface area contributed by atoms with Gasteiger partial charge in [-0.3, -0.25) is 9.89 Å². The predicted molar refractivity (Wildman–Crippen MR) is 95.1 cm³/mol. The Kier molecular flexibility index (Phi) is 6.70. The third kappa shape index (κ3) is 4.64. The molecule has 1 aliphatic carbocycles. The zero-order valence-corrected chi connectivity index (χ0v) is 15.0. The van der Waals surface area contributed by atoms with E-state index in [9.17, 15) is 0 Å². The molecule has 2 heterocycles. The number of halogens is 1. The van der Waals surface area contributed by atoms with E-state index in [1.807, 2.05) is 11.8 Å². The second-order valence-electron chi connectivity index (χ2n) is 5.52. The van der Waals surface area contributed by atoms with Crippen LogP contribution in [-0.4, -0.2) is 78.7 Å². The number of nitrogens with two attached hydrogens (primary N) is 1. The van der Waals surface area contributed by atoms with Gasteiger partial charge in [0, 0.05) is 43.7 Å². The molecule has 2 aliphatic heterocycles. The van der Waals surface area contributed by atoms with E-state index in [-0.39, 0.29) is 30.1 Å². The Morgan fingerprint density at radius 2 is 2.00 bits per heavy atom. The lowest BCUT2D eigenvalue weighted by Gasteiger charge is -2.32. The molecule has 0 bridgehead atoms. The lowest BCUT2D eigenvalue weighted by Crippen LogP contribution is -2.46. The Hall–Kier alpha value is 0.270. The van der Waals surface area contributed by atoms with E-state index in [4.69, 9.17) is 10.5 Å². The number of ether oxygens (including phenoxy) is 1. The maximum atomic E-state index is 6.07. The number of hydrogen-bond acceptors (Lipinski definition) is 4. The molecule has 0 aromatic rings. The third-order valence-corrected chi connectivity index (χ3v) is 4.97. The minimum absolute atomic E-state index is 0. The monoisotopic (exact) mass is 412 g/mol. The molecule has 7 heteroatoms. The van der Waals surface area contributed by atoms with Gasteiger partial charge in [-0.2, -0.15) is 11.8 Å². The highest BCUT2D eigenvalue weighted by atomic mass is 127. The minimum atomic E-state index is 0. The molecule has 116 valence electrons. The van der Waals surface area contributed by atoms with Crippen molar-refractivity contribution in [1.29, 1.82) is 0 Å². The molecule has 2 saturated heterocycles. The van der Waals surface area contributed by atoms with Crippen molar-refractivity contribution in [1.82, 2.24) is 9.80 Å². The lowest BCUT2D eigenvalue weighted by atomic mass is 10.2. The van der Waals surface area contributed by atoms with Crippen molar-refractivity contribution in [3.63, 3.8) is 0 Å². The van der Waals surface area contributed by atoms with Crippen LogP contribution in [0.4, 0.5) is 0 Å². The van der Waals surface area contributed by atoms with Crippen LogP contribution in [0.25, 0.3) is 0 Å². The molecule has 3 rings (SSSR count). The topological polar surface area (TPSA) is 54.1 Å². The smallest absolute Gasteiger partial charge is 0.191 e. The highest BCUT2D eigenvalue weighted by molar-refractivity contribution is 14.0. The molecule has 20 heavy (non-hydrogen) atoms. The van der Waals surface area contributed by atoms with Crippen LogP contribution in [0.15, 0.2) is 4.99 Å². The van der Waals surface area contributed by atoms with Gasteiger partial charge in [0.15, 0.2) is 5.96 Å². The molecule has 1 saturated carbocycles. The van der Waals surface area contributed by atoms with E-state index in [2.05, 4.69) is 14.8 Å². The maximum absolute atomic E-state index is 6.07. The molecule has 5 nitrogen and oxygen atoms in total. The van der Waals surface area contributed by atoms with Gasteiger partial charge in [0.25, 0.3) is 0 Å². The molecule has 0 aromatic heterocycles. The van der Waals surface area contributed by atoms with Crippen LogP contribution < -0.4 is 5.73 Å². The minimum Gasteiger partial charge on any atom is -0.374 e. The Labute approximate surface area is 142 Å². The summed E-state index contributed by atoms with van der Waals surface area (Å²) in [6.45, 7) is 5.72. The summed E-state index contributed by atoms with van der Waals surface area (Å²) in [6.07, 6.45) is 2.96. The molecule has 1 unspecified atom stereocenters. The van der Waals surface area contributed by atoms with Gasteiger partial charge in [0.1, 0.15) is 0 Å². The fraction of sp³-hybridized carbons (Fsp3) is 0.923. The second-order valence-corrected chi connectivity index (χ2v) is 6.74. The van der Waals surface area contributed by atoms with Crippen LogP contribution in [0.5, 0.6) is 0 Å². The Bertz CT molecular complexity index is 334. The summed E-state index contributed by atoms with van der Waals surface area (Å²) in [7, 11) is 0. The van der Waals surface area contributed by atoms with Gasteiger partial charge in [-0.15, -0.1) is 24.0 Å². The van der Waals surface area contributed by atoms with Gasteiger partial charge in [-0.25, -0.2) is 0 Å². The molecule has 1 atom stereocenters. The maximum Gasteiger partial charge on any atom is 0.191 e. The highest BCUT2D eigenvalue weighted by Crippen LogP contribution is 2.28. The lowest BCUT2D eigenvalue weighted by molar-refractivity contribution is -0.0259. The number of guanidine groups is 1. The summed E-state index contributed by atoms with van der Waals surface area (Å²) in [6, 6.07) is 0.826. The highest BCUT2D eigenvalue weighted by Gasteiger charge is 2.32. The van der Waals surface area contributed by atoms with E-state index >= 15 is 0 Å². The predicted octanol–water partition coefficient (Wildman–Crippen LogP) is 0.831. The summed E-state index contributed by atoms with van der Waals surface area (Å²) >= 11 is 1.99. The molecular weight excluding hydrogens is 387 g/mol. The third-order valence-electron chi connectivity index (χ3n) is 4.03. The average Bonchev–Trinajstić information content (AvgIpc) is 3.31. The van der Waals surface area contributed by atoms with Crippen LogP contribution in [-0.2, 0) is 4.74 Å².